The molecule has 106 valence electrons. The van der Waals surface area contributed by atoms with Crippen LogP contribution in [-0.2, 0) is 11.3 Å². The van der Waals surface area contributed by atoms with E-state index in [9.17, 15) is 9.59 Å². The second-order valence-electron chi connectivity index (χ2n) is 4.38. The number of amides is 2. The van der Waals surface area contributed by atoms with Crippen LogP contribution >= 0.6 is 22.7 Å². The van der Waals surface area contributed by atoms with E-state index in [1.54, 1.807) is 22.8 Å². The minimum Gasteiger partial charge on any atom is -0.366 e. The highest BCUT2D eigenvalue weighted by Gasteiger charge is 2.13. The fourth-order valence-electron chi connectivity index (χ4n) is 1.76. The summed E-state index contributed by atoms with van der Waals surface area (Å²) < 4.78 is 0. The molecule has 0 unspecified atom stereocenters. The van der Waals surface area contributed by atoms with Crippen LogP contribution in [0.3, 0.4) is 0 Å². The molecule has 2 amide bonds. The molecule has 2 rings (SSSR count). The molecule has 0 radical (unpaired) electrons. The summed E-state index contributed by atoms with van der Waals surface area (Å²) in [5, 5.41) is 9.02. The molecule has 2 heterocycles. The predicted octanol–water partition coefficient (Wildman–Crippen LogP) is 1.98. The lowest BCUT2D eigenvalue weighted by molar-refractivity contribution is -0.117. The Morgan fingerprint density at radius 2 is 2.15 bits per heavy atom. The minimum atomic E-state index is -0.534. The van der Waals surface area contributed by atoms with Crippen molar-refractivity contribution >= 4 is 39.5 Å². The van der Waals surface area contributed by atoms with Crippen molar-refractivity contribution in [3.05, 3.63) is 39.4 Å². The van der Waals surface area contributed by atoms with Crippen molar-refractivity contribution in [1.82, 2.24) is 4.90 Å². The minimum absolute atomic E-state index is 0.160. The topological polar surface area (TPSA) is 75.4 Å². The summed E-state index contributed by atoms with van der Waals surface area (Å²) in [5.41, 5.74) is 6.76. The van der Waals surface area contributed by atoms with Gasteiger partial charge in [-0.2, -0.15) is 11.3 Å². The van der Waals surface area contributed by atoms with Gasteiger partial charge in [-0.3, -0.25) is 14.5 Å². The summed E-state index contributed by atoms with van der Waals surface area (Å²) in [7, 11) is 1.88. The Hall–Kier alpha value is -1.70. The molecular formula is C13H15N3O2S2. The first-order valence-corrected chi connectivity index (χ1v) is 7.75. The quantitative estimate of drug-likeness (QED) is 0.856. The molecule has 2 aromatic heterocycles. The Morgan fingerprint density at radius 1 is 1.35 bits per heavy atom. The van der Waals surface area contributed by atoms with Gasteiger partial charge in [0.2, 0.25) is 5.91 Å². The van der Waals surface area contributed by atoms with Crippen LogP contribution in [0.1, 0.15) is 15.9 Å². The Morgan fingerprint density at radius 3 is 2.80 bits per heavy atom. The van der Waals surface area contributed by atoms with Crippen molar-refractivity contribution in [1.29, 1.82) is 0 Å². The van der Waals surface area contributed by atoms with Crippen molar-refractivity contribution in [3.63, 3.8) is 0 Å². The van der Waals surface area contributed by atoms with E-state index >= 15 is 0 Å². The number of anilines is 1. The van der Waals surface area contributed by atoms with Crippen molar-refractivity contribution in [2.75, 3.05) is 18.9 Å². The molecule has 0 aliphatic carbocycles. The predicted molar refractivity (Wildman–Crippen MR) is 82.1 cm³/mol. The highest BCUT2D eigenvalue weighted by Crippen LogP contribution is 2.22. The fraction of sp³-hybridized carbons (Fsp3) is 0.231. The normalized spacial score (nSPS) is 10.7. The number of primary amides is 1. The van der Waals surface area contributed by atoms with E-state index in [0.29, 0.717) is 17.1 Å². The lowest BCUT2D eigenvalue weighted by Crippen LogP contribution is -2.30. The SMILES string of the molecule is CN(CC(=O)Nc1sccc1C(N)=O)Cc1ccsc1. The van der Waals surface area contributed by atoms with E-state index in [0.717, 1.165) is 0 Å². The molecule has 0 aliphatic rings. The molecule has 20 heavy (non-hydrogen) atoms. The summed E-state index contributed by atoms with van der Waals surface area (Å²) in [6.45, 7) is 0.968. The first-order chi connectivity index (χ1) is 9.56. The van der Waals surface area contributed by atoms with E-state index in [4.69, 9.17) is 5.73 Å². The molecule has 7 heteroatoms. The third kappa shape index (κ3) is 3.89. The summed E-state index contributed by atoms with van der Waals surface area (Å²) in [5.74, 6) is -0.694. The number of hydrogen-bond donors (Lipinski definition) is 2. The number of carbonyl (C=O) groups excluding carboxylic acids is 2. The maximum atomic E-state index is 11.9. The van der Waals surface area contributed by atoms with E-state index in [-0.39, 0.29) is 12.5 Å². The number of thiophene rings is 2. The van der Waals surface area contributed by atoms with Gasteiger partial charge in [-0.15, -0.1) is 11.3 Å². The van der Waals surface area contributed by atoms with Gasteiger partial charge < -0.3 is 11.1 Å². The van der Waals surface area contributed by atoms with Crippen LogP contribution in [-0.4, -0.2) is 30.3 Å². The molecule has 0 aromatic carbocycles. The lowest BCUT2D eigenvalue weighted by atomic mass is 10.3. The van der Waals surface area contributed by atoms with Gasteiger partial charge in [0.1, 0.15) is 5.00 Å². The second-order valence-corrected chi connectivity index (χ2v) is 6.08. The van der Waals surface area contributed by atoms with Crippen molar-refractivity contribution in [2.24, 2.45) is 5.73 Å². The average Bonchev–Trinajstić information content (AvgIpc) is 2.99. The highest BCUT2D eigenvalue weighted by molar-refractivity contribution is 7.14. The van der Waals surface area contributed by atoms with Crippen LogP contribution in [0, 0.1) is 0 Å². The van der Waals surface area contributed by atoms with Crippen LogP contribution < -0.4 is 11.1 Å². The molecule has 5 nitrogen and oxygen atoms in total. The largest absolute Gasteiger partial charge is 0.366 e. The van der Waals surface area contributed by atoms with Crippen LogP contribution in [0.4, 0.5) is 5.00 Å². The Balaban J connectivity index is 1.89. The Kier molecular flexibility index (Phi) is 4.89. The Labute approximate surface area is 125 Å². The summed E-state index contributed by atoms with van der Waals surface area (Å²) in [6, 6.07) is 3.64. The van der Waals surface area contributed by atoms with Crippen LogP contribution in [0.2, 0.25) is 0 Å². The second kappa shape index (κ2) is 6.65. The van der Waals surface area contributed by atoms with Gasteiger partial charge >= 0.3 is 0 Å². The maximum absolute atomic E-state index is 11.9. The van der Waals surface area contributed by atoms with Gasteiger partial charge in [-0.05, 0) is 40.9 Å². The Bertz CT molecular complexity index is 593. The average molecular weight is 309 g/mol. The molecule has 0 atom stereocenters. The number of nitrogens with zero attached hydrogens (tertiary/aromatic N) is 1. The maximum Gasteiger partial charge on any atom is 0.251 e. The third-order valence-corrected chi connectivity index (χ3v) is 4.19. The van der Waals surface area contributed by atoms with E-state index < -0.39 is 5.91 Å². The zero-order chi connectivity index (χ0) is 14.5. The number of nitrogens with one attached hydrogen (secondary N) is 1. The van der Waals surface area contributed by atoms with E-state index in [1.807, 2.05) is 23.4 Å². The highest BCUT2D eigenvalue weighted by atomic mass is 32.1. The summed E-state index contributed by atoms with van der Waals surface area (Å²) >= 11 is 2.92. The zero-order valence-electron chi connectivity index (χ0n) is 11.0. The molecule has 0 saturated heterocycles. The zero-order valence-corrected chi connectivity index (χ0v) is 12.6. The summed E-state index contributed by atoms with van der Waals surface area (Å²) in [6.07, 6.45) is 0. The molecule has 2 aromatic rings. The molecular weight excluding hydrogens is 294 g/mol. The van der Waals surface area contributed by atoms with Gasteiger partial charge in [-0.1, -0.05) is 0 Å². The molecule has 0 saturated carbocycles. The van der Waals surface area contributed by atoms with E-state index in [1.165, 1.54) is 16.9 Å². The first kappa shape index (κ1) is 14.7. The van der Waals surface area contributed by atoms with Gasteiger partial charge in [0.05, 0.1) is 12.1 Å². The lowest BCUT2D eigenvalue weighted by Gasteiger charge is -2.15. The van der Waals surface area contributed by atoms with E-state index in [2.05, 4.69) is 10.7 Å². The standard InChI is InChI=1S/C13H15N3O2S2/c1-16(6-9-2-4-19-8-9)7-11(17)15-13-10(12(14)18)3-5-20-13/h2-5,8H,6-7H2,1H3,(H2,14,18)(H,15,17). The van der Waals surface area contributed by atoms with Gasteiger partial charge in [0.25, 0.3) is 5.91 Å². The molecule has 0 aliphatic heterocycles. The number of carbonyl (C=O) groups is 2. The molecule has 0 spiro atoms. The first-order valence-electron chi connectivity index (χ1n) is 5.93. The summed E-state index contributed by atoms with van der Waals surface area (Å²) in [4.78, 5) is 25.0. The fourth-order valence-corrected chi connectivity index (χ4v) is 3.23. The van der Waals surface area contributed by atoms with Crippen LogP contribution in [0.5, 0.6) is 0 Å². The van der Waals surface area contributed by atoms with Gasteiger partial charge in [-0.25, -0.2) is 0 Å². The van der Waals surface area contributed by atoms with Crippen LogP contribution in [0.25, 0.3) is 0 Å². The smallest absolute Gasteiger partial charge is 0.251 e. The number of rotatable bonds is 6. The van der Waals surface area contributed by atoms with Crippen molar-refractivity contribution in [2.45, 2.75) is 6.54 Å². The molecule has 0 fully saturated rings. The van der Waals surface area contributed by atoms with Gasteiger partial charge in [0, 0.05) is 6.54 Å². The number of nitrogens with two attached hydrogens (primary N) is 1. The monoisotopic (exact) mass is 309 g/mol. The van der Waals surface area contributed by atoms with Crippen molar-refractivity contribution < 1.29 is 9.59 Å². The van der Waals surface area contributed by atoms with Crippen molar-refractivity contribution in [3.8, 4) is 0 Å². The third-order valence-electron chi connectivity index (χ3n) is 2.63. The molecule has 0 bridgehead atoms. The number of hydrogen-bond acceptors (Lipinski definition) is 5. The van der Waals surface area contributed by atoms with Crippen LogP contribution in [0.15, 0.2) is 28.3 Å². The number of likely N-dealkylation sites (N-methyl/N-ethyl adjacent to an activating group) is 1. The molecule has 3 N–H and O–H groups in total. The van der Waals surface area contributed by atoms with Gasteiger partial charge in [0.15, 0.2) is 0 Å².